The molecule has 0 spiro atoms. The number of carbonyl (C=O) groups is 2. The molecule has 1 atom stereocenters. The molecule has 1 aromatic carbocycles. The summed E-state index contributed by atoms with van der Waals surface area (Å²) in [5.74, 6) is -0.637. The minimum Gasteiger partial charge on any atom is -0.483 e. The molecule has 2 rings (SSSR count). The lowest BCUT2D eigenvalue weighted by Gasteiger charge is -2.30. The molecule has 0 saturated carbocycles. The smallest absolute Gasteiger partial charge is 0.260 e. The number of rotatable bonds is 7. The zero-order chi connectivity index (χ0) is 19.5. The fraction of sp³-hybridized carbons (Fsp3) is 0.529. The lowest BCUT2D eigenvalue weighted by atomic mass is 10.1. The van der Waals surface area contributed by atoms with Crippen LogP contribution in [0.15, 0.2) is 18.2 Å². The molecule has 0 aromatic heterocycles. The minimum absolute atomic E-state index is 0.0288. The molecule has 0 unspecified atom stereocenters. The highest BCUT2D eigenvalue weighted by Crippen LogP contribution is 2.23. The van der Waals surface area contributed by atoms with Crippen LogP contribution in [0.1, 0.15) is 30.6 Å². The van der Waals surface area contributed by atoms with Gasteiger partial charge in [0.1, 0.15) is 5.75 Å². The Kier molecular flexibility index (Phi) is 6.52. The van der Waals surface area contributed by atoms with Gasteiger partial charge in [0.2, 0.25) is 0 Å². The molecular formula is C17H23ClN2O5S. The van der Waals surface area contributed by atoms with Crippen molar-refractivity contribution in [1.29, 1.82) is 0 Å². The number of carbonyl (C=O) groups excluding carboxylic acids is 2. The summed E-state index contributed by atoms with van der Waals surface area (Å²) in [6, 6.07) is 4.03. The van der Waals surface area contributed by atoms with E-state index in [1.54, 1.807) is 4.90 Å². The second-order valence-electron chi connectivity index (χ2n) is 6.79. The summed E-state index contributed by atoms with van der Waals surface area (Å²) in [4.78, 5) is 25.7. The van der Waals surface area contributed by atoms with Gasteiger partial charge in [0, 0.05) is 17.6 Å². The summed E-state index contributed by atoms with van der Waals surface area (Å²) in [6.07, 6.45) is 0.425. The van der Waals surface area contributed by atoms with Crippen molar-refractivity contribution >= 4 is 33.3 Å². The molecule has 1 heterocycles. The lowest BCUT2D eigenvalue weighted by molar-refractivity contribution is -0.135. The van der Waals surface area contributed by atoms with Gasteiger partial charge in [-0.15, -0.1) is 0 Å². The van der Waals surface area contributed by atoms with Crippen molar-refractivity contribution in [3.8, 4) is 5.75 Å². The summed E-state index contributed by atoms with van der Waals surface area (Å²) in [5.41, 5.74) is 5.39. The highest BCUT2D eigenvalue weighted by Gasteiger charge is 2.35. The Morgan fingerprint density at radius 2 is 2.08 bits per heavy atom. The molecule has 1 aliphatic rings. The Morgan fingerprint density at radius 1 is 1.38 bits per heavy atom. The Morgan fingerprint density at radius 3 is 2.62 bits per heavy atom. The maximum atomic E-state index is 12.7. The summed E-state index contributed by atoms with van der Waals surface area (Å²) >= 11 is 5.85. The van der Waals surface area contributed by atoms with Gasteiger partial charge < -0.3 is 15.4 Å². The second-order valence-corrected chi connectivity index (χ2v) is 9.46. The molecule has 1 saturated heterocycles. The summed E-state index contributed by atoms with van der Waals surface area (Å²) in [5, 5.41) is 0.329. The number of nitrogens with zero attached hydrogens (tertiary/aromatic N) is 1. The Bertz CT molecular complexity index is 794. The van der Waals surface area contributed by atoms with Crippen molar-refractivity contribution in [2.24, 2.45) is 11.7 Å². The minimum atomic E-state index is -3.11. The van der Waals surface area contributed by atoms with E-state index in [4.69, 9.17) is 22.1 Å². The SMILES string of the molecule is CC(C)CN(C(=O)COc1ccc(Cl)cc1C(N)=O)[C@H]1CCS(=O)(=O)C1. The predicted octanol–water partition coefficient (Wildman–Crippen LogP) is 1.49. The average Bonchev–Trinajstić information content (AvgIpc) is 2.90. The van der Waals surface area contributed by atoms with Gasteiger partial charge >= 0.3 is 0 Å². The monoisotopic (exact) mass is 402 g/mol. The first kappa shape index (κ1) is 20.5. The normalized spacial score (nSPS) is 18.7. The van der Waals surface area contributed by atoms with Gasteiger partial charge in [0.25, 0.3) is 11.8 Å². The predicted molar refractivity (Wildman–Crippen MR) is 99.1 cm³/mol. The van der Waals surface area contributed by atoms with Crippen LogP contribution in [-0.2, 0) is 14.6 Å². The quantitative estimate of drug-likeness (QED) is 0.743. The molecule has 0 aliphatic carbocycles. The lowest BCUT2D eigenvalue weighted by Crippen LogP contribution is -2.45. The molecule has 9 heteroatoms. The Balaban J connectivity index is 2.12. The first-order valence-corrected chi connectivity index (χ1v) is 10.5. The van der Waals surface area contributed by atoms with Gasteiger partial charge in [0.05, 0.1) is 17.1 Å². The van der Waals surface area contributed by atoms with Gasteiger partial charge in [-0.1, -0.05) is 25.4 Å². The maximum absolute atomic E-state index is 12.7. The van der Waals surface area contributed by atoms with Gasteiger partial charge in [0.15, 0.2) is 16.4 Å². The molecule has 1 fully saturated rings. The third-order valence-corrected chi connectivity index (χ3v) is 6.08. The van der Waals surface area contributed by atoms with Crippen molar-refractivity contribution < 1.29 is 22.7 Å². The van der Waals surface area contributed by atoms with Gasteiger partial charge in [-0.2, -0.15) is 0 Å². The first-order valence-electron chi connectivity index (χ1n) is 8.31. The number of halogens is 1. The fourth-order valence-corrected chi connectivity index (χ4v) is 4.81. The van der Waals surface area contributed by atoms with Crippen molar-refractivity contribution in [3.05, 3.63) is 28.8 Å². The number of ether oxygens (including phenoxy) is 1. The molecule has 2 N–H and O–H groups in total. The summed E-state index contributed by atoms with van der Waals surface area (Å²) < 4.78 is 29.0. The molecule has 144 valence electrons. The van der Waals surface area contributed by atoms with Crippen LogP contribution in [0.2, 0.25) is 5.02 Å². The van der Waals surface area contributed by atoms with Crippen LogP contribution in [0, 0.1) is 5.92 Å². The largest absolute Gasteiger partial charge is 0.483 e. The van der Waals surface area contributed by atoms with E-state index in [0.717, 1.165) is 0 Å². The van der Waals surface area contributed by atoms with Crippen molar-refractivity contribution in [3.63, 3.8) is 0 Å². The highest BCUT2D eigenvalue weighted by atomic mass is 35.5. The number of nitrogens with two attached hydrogens (primary N) is 1. The zero-order valence-electron chi connectivity index (χ0n) is 14.8. The van der Waals surface area contributed by atoms with Gasteiger partial charge in [-0.05, 0) is 30.5 Å². The third-order valence-electron chi connectivity index (χ3n) is 4.09. The van der Waals surface area contributed by atoms with E-state index >= 15 is 0 Å². The number of benzene rings is 1. The maximum Gasteiger partial charge on any atom is 0.260 e. The number of amides is 2. The van der Waals surface area contributed by atoms with Crippen LogP contribution < -0.4 is 10.5 Å². The Labute approximate surface area is 158 Å². The molecule has 1 aromatic rings. The third kappa shape index (κ3) is 5.35. The first-order chi connectivity index (χ1) is 12.1. The van der Waals surface area contributed by atoms with E-state index in [1.807, 2.05) is 13.8 Å². The number of hydrogen-bond donors (Lipinski definition) is 1. The van der Waals surface area contributed by atoms with Crippen LogP contribution in [0.3, 0.4) is 0 Å². The standard InChI is InChI=1S/C17H23ClN2O5S/c1-11(2)8-20(13-5-6-26(23,24)10-13)16(21)9-25-15-4-3-12(18)7-14(15)17(19)22/h3-4,7,11,13H,5-6,8-10H2,1-2H3,(H2,19,22)/t13-/m0/s1. The molecule has 0 bridgehead atoms. The van der Waals surface area contributed by atoms with Crippen LogP contribution in [0.5, 0.6) is 5.75 Å². The summed E-state index contributed by atoms with van der Waals surface area (Å²) in [7, 11) is -3.11. The van der Waals surface area contributed by atoms with E-state index in [-0.39, 0.29) is 47.3 Å². The van der Waals surface area contributed by atoms with Crippen molar-refractivity contribution in [1.82, 2.24) is 4.90 Å². The van der Waals surface area contributed by atoms with Crippen molar-refractivity contribution in [2.45, 2.75) is 26.3 Å². The van der Waals surface area contributed by atoms with Crippen LogP contribution >= 0.6 is 11.6 Å². The average molecular weight is 403 g/mol. The zero-order valence-corrected chi connectivity index (χ0v) is 16.3. The van der Waals surface area contributed by atoms with Crippen LogP contribution in [-0.4, -0.2) is 55.8 Å². The van der Waals surface area contributed by atoms with Gasteiger partial charge in [-0.3, -0.25) is 9.59 Å². The van der Waals surface area contributed by atoms with Crippen LogP contribution in [0.4, 0.5) is 0 Å². The number of hydrogen-bond acceptors (Lipinski definition) is 5. The highest BCUT2D eigenvalue weighted by molar-refractivity contribution is 7.91. The molecule has 0 radical (unpaired) electrons. The number of primary amides is 1. The van der Waals surface area contributed by atoms with E-state index in [9.17, 15) is 18.0 Å². The van der Waals surface area contributed by atoms with E-state index < -0.39 is 15.7 Å². The topological polar surface area (TPSA) is 107 Å². The Hall–Kier alpha value is -1.80. The second kappa shape index (κ2) is 8.26. The molecular weight excluding hydrogens is 380 g/mol. The van der Waals surface area contributed by atoms with Gasteiger partial charge in [-0.25, -0.2) is 8.42 Å². The van der Waals surface area contributed by atoms with Crippen molar-refractivity contribution in [2.75, 3.05) is 24.7 Å². The van der Waals surface area contributed by atoms with E-state index in [0.29, 0.717) is 18.0 Å². The van der Waals surface area contributed by atoms with E-state index in [2.05, 4.69) is 0 Å². The van der Waals surface area contributed by atoms with E-state index in [1.165, 1.54) is 18.2 Å². The van der Waals surface area contributed by atoms with Crippen LogP contribution in [0.25, 0.3) is 0 Å². The fourth-order valence-electron chi connectivity index (χ4n) is 2.91. The number of sulfone groups is 1. The molecule has 26 heavy (non-hydrogen) atoms. The summed E-state index contributed by atoms with van der Waals surface area (Å²) in [6.45, 7) is 4.03. The molecule has 2 amide bonds. The molecule has 7 nitrogen and oxygen atoms in total. The molecule has 1 aliphatic heterocycles.